The van der Waals surface area contributed by atoms with E-state index in [2.05, 4.69) is 224 Å². The fraction of sp³-hybridized carbons (Fsp3) is 0.0667. The maximum Gasteiger partial charge on any atom is 0.0726 e. The second-order valence-electron chi connectivity index (χ2n) is 18.1. The summed E-state index contributed by atoms with van der Waals surface area (Å²) in [5.74, 6) is 0. The van der Waals surface area contributed by atoms with Crippen LogP contribution < -0.4 is 5.32 Å². The standard InChI is InChI=1S/C60H40N2/c1-59(2)52-33-38(61-39-26-29-48-45-19-9-12-22-51(45)60(54(48)34-39)49-20-10-7-17-43(49)44-18-8-11-21-50(44)60)25-28-46(52)47-30-27-40(35-53(47)59)62-55-31-23-36-13-3-5-15-41(36)57(55)58-42-16-6-4-14-37(42)24-32-56(58)62/h3-35,61H,1-2H3. The van der Waals surface area contributed by atoms with Crippen molar-refractivity contribution in [2.75, 3.05) is 5.32 Å². The van der Waals surface area contributed by atoms with Gasteiger partial charge >= 0.3 is 0 Å². The number of aromatic nitrogens is 1. The normalized spacial score (nSPS) is 14.5. The van der Waals surface area contributed by atoms with Gasteiger partial charge in [0, 0.05) is 33.2 Å². The molecule has 1 aromatic heterocycles. The molecule has 0 radical (unpaired) electrons. The highest BCUT2D eigenvalue weighted by atomic mass is 15.0. The van der Waals surface area contributed by atoms with Crippen molar-refractivity contribution in [3.05, 3.63) is 234 Å². The van der Waals surface area contributed by atoms with Crippen LogP contribution in [0.3, 0.4) is 0 Å². The predicted octanol–water partition coefficient (Wildman–Crippen LogP) is 15.5. The second kappa shape index (κ2) is 12.0. The summed E-state index contributed by atoms with van der Waals surface area (Å²) in [5.41, 5.74) is 21.3. The van der Waals surface area contributed by atoms with Gasteiger partial charge in [0.1, 0.15) is 0 Å². The minimum absolute atomic E-state index is 0.211. The SMILES string of the molecule is CC1(C)c2cc(Nc3ccc4c(c3)C3(c5ccccc5-c5ccccc53)c3ccccc3-4)ccc2-c2ccc(-n3c4ccc5ccccc5c4c4c5ccccc5ccc43)cc21. The van der Waals surface area contributed by atoms with Crippen molar-refractivity contribution in [2.45, 2.75) is 24.7 Å². The van der Waals surface area contributed by atoms with Gasteiger partial charge in [0.25, 0.3) is 0 Å². The average Bonchev–Trinajstić information content (AvgIpc) is 3.99. The fourth-order valence-electron chi connectivity index (χ4n) is 12.1. The number of hydrogen-bond acceptors (Lipinski definition) is 1. The van der Waals surface area contributed by atoms with E-state index in [1.807, 2.05) is 0 Å². The highest BCUT2D eigenvalue weighted by Crippen LogP contribution is 2.63. The third-order valence-corrected chi connectivity index (χ3v) is 14.7. The van der Waals surface area contributed by atoms with Crippen molar-refractivity contribution in [2.24, 2.45) is 0 Å². The van der Waals surface area contributed by atoms with Crippen LogP contribution in [-0.2, 0) is 10.8 Å². The van der Waals surface area contributed by atoms with E-state index in [-0.39, 0.29) is 10.8 Å². The van der Waals surface area contributed by atoms with Crippen molar-refractivity contribution in [3.8, 4) is 39.1 Å². The molecule has 62 heavy (non-hydrogen) atoms. The van der Waals surface area contributed by atoms with E-state index in [9.17, 15) is 0 Å². The first kappa shape index (κ1) is 34.1. The Bertz CT molecular complexity index is 3610. The van der Waals surface area contributed by atoms with Crippen LogP contribution in [0.1, 0.15) is 47.2 Å². The van der Waals surface area contributed by atoms with Gasteiger partial charge in [0.05, 0.1) is 16.4 Å². The van der Waals surface area contributed by atoms with Gasteiger partial charge in [0.15, 0.2) is 0 Å². The molecule has 0 aliphatic heterocycles. The van der Waals surface area contributed by atoms with Gasteiger partial charge < -0.3 is 9.88 Å². The van der Waals surface area contributed by atoms with Gasteiger partial charge in [0.2, 0.25) is 0 Å². The summed E-state index contributed by atoms with van der Waals surface area (Å²) in [4.78, 5) is 0. The molecular weight excluding hydrogens is 749 g/mol. The number of fused-ring (bicyclic) bond motifs is 20. The van der Waals surface area contributed by atoms with Gasteiger partial charge in [-0.3, -0.25) is 0 Å². The zero-order chi connectivity index (χ0) is 40.9. The molecule has 0 bridgehead atoms. The Hall–Kier alpha value is -7.68. The van der Waals surface area contributed by atoms with Crippen LogP contribution in [0.25, 0.3) is 82.4 Å². The first-order valence-corrected chi connectivity index (χ1v) is 21.8. The summed E-state index contributed by atoms with van der Waals surface area (Å²) in [7, 11) is 0. The van der Waals surface area contributed by atoms with Gasteiger partial charge in [-0.2, -0.15) is 0 Å². The van der Waals surface area contributed by atoms with Crippen molar-refractivity contribution in [1.82, 2.24) is 4.57 Å². The summed E-state index contributed by atoms with van der Waals surface area (Å²) >= 11 is 0. The lowest BCUT2D eigenvalue weighted by atomic mass is 9.70. The average molecular weight is 789 g/mol. The van der Waals surface area contributed by atoms with E-state index >= 15 is 0 Å². The number of anilines is 2. The Kier molecular flexibility index (Phi) is 6.59. The van der Waals surface area contributed by atoms with E-state index < -0.39 is 0 Å². The highest BCUT2D eigenvalue weighted by Gasteiger charge is 2.51. The van der Waals surface area contributed by atoms with E-state index in [4.69, 9.17) is 0 Å². The molecule has 0 saturated heterocycles. The van der Waals surface area contributed by atoms with E-state index in [0.29, 0.717) is 0 Å². The number of nitrogens with zero attached hydrogens (tertiary/aromatic N) is 1. The molecule has 0 saturated carbocycles. The van der Waals surface area contributed by atoms with Crippen LogP contribution in [0.2, 0.25) is 0 Å². The van der Waals surface area contributed by atoms with Crippen LogP contribution in [0.4, 0.5) is 11.4 Å². The molecule has 0 unspecified atom stereocenters. The monoisotopic (exact) mass is 788 g/mol. The van der Waals surface area contributed by atoms with Crippen molar-refractivity contribution in [1.29, 1.82) is 0 Å². The third-order valence-electron chi connectivity index (χ3n) is 14.7. The molecule has 0 fully saturated rings. The zero-order valence-corrected chi connectivity index (χ0v) is 34.5. The molecule has 3 aliphatic rings. The lowest BCUT2D eigenvalue weighted by Gasteiger charge is -2.30. The molecule has 2 heteroatoms. The topological polar surface area (TPSA) is 17.0 Å². The molecule has 11 aromatic rings. The Morgan fingerprint density at radius 1 is 0.355 bits per heavy atom. The second-order valence-corrected chi connectivity index (χ2v) is 18.1. The van der Waals surface area contributed by atoms with Crippen molar-refractivity contribution in [3.63, 3.8) is 0 Å². The lowest BCUT2D eigenvalue weighted by Crippen LogP contribution is -2.25. The van der Waals surface area contributed by atoms with E-state index in [1.54, 1.807) is 0 Å². The van der Waals surface area contributed by atoms with Crippen LogP contribution in [0, 0.1) is 0 Å². The van der Waals surface area contributed by atoms with Gasteiger partial charge in [-0.1, -0.05) is 166 Å². The summed E-state index contributed by atoms with van der Waals surface area (Å²) in [6.45, 7) is 4.78. The lowest BCUT2D eigenvalue weighted by molar-refractivity contribution is 0.660. The number of nitrogens with one attached hydrogen (secondary N) is 1. The first-order chi connectivity index (χ1) is 30.5. The highest BCUT2D eigenvalue weighted by molar-refractivity contribution is 6.28. The van der Waals surface area contributed by atoms with Gasteiger partial charge in [-0.05, 0) is 137 Å². The number of rotatable bonds is 3. The van der Waals surface area contributed by atoms with Crippen LogP contribution in [0.5, 0.6) is 0 Å². The number of hydrogen-bond donors (Lipinski definition) is 1. The Morgan fingerprint density at radius 2 is 0.774 bits per heavy atom. The van der Waals surface area contributed by atoms with Crippen LogP contribution >= 0.6 is 0 Å². The smallest absolute Gasteiger partial charge is 0.0726 e. The summed E-state index contributed by atoms with van der Waals surface area (Å²) in [5, 5.41) is 11.7. The summed E-state index contributed by atoms with van der Waals surface area (Å²) in [6.07, 6.45) is 0. The number of benzene rings is 10. The molecule has 3 aliphatic carbocycles. The van der Waals surface area contributed by atoms with Gasteiger partial charge in [-0.15, -0.1) is 0 Å². The minimum Gasteiger partial charge on any atom is -0.356 e. The van der Waals surface area contributed by atoms with E-state index in [1.165, 1.54) is 116 Å². The van der Waals surface area contributed by atoms with Crippen molar-refractivity contribution < 1.29 is 0 Å². The molecule has 2 nitrogen and oxygen atoms in total. The maximum atomic E-state index is 3.91. The Labute approximate surface area is 360 Å². The third kappa shape index (κ3) is 4.24. The molecule has 1 N–H and O–H groups in total. The Morgan fingerprint density at radius 3 is 1.32 bits per heavy atom. The molecule has 290 valence electrons. The molecule has 1 spiro atoms. The fourth-order valence-corrected chi connectivity index (χ4v) is 12.1. The molecule has 0 atom stereocenters. The molecule has 1 heterocycles. The van der Waals surface area contributed by atoms with Crippen LogP contribution in [-0.4, -0.2) is 4.57 Å². The zero-order valence-electron chi connectivity index (χ0n) is 34.5. The molecular formula is C60H40N2. The molecule has 10 aromatic carbocycles. The molecule has 0 amide bonds. The largest absolute Gasteiger partial charge is 0.356 e. The van der Waals surface area contributed by atoms with Crippen molar-refractivity contribution >= 4 is 54.7 Å². The quantitative estimate of drug-likeness (QED) is 0.189. The summed E-state index contributed by atoms with van der Waals surface area (Å²) < 4.78 is 2.50. The first-order valence-electron chi connectivity index (χ1n) is 21.8. The maximum absolute atomic E-state index is 3.91. The van der Waals surface area contributed by atoms with Crippen LogP contribution in [0.15, 0.2) is 200 Å². The van der Waals surface area contributed by atoms with E-state index in [0.717, 1.165) is 11.4 Å². The summed E-state index contributed by atoms with van der Waals surface area (Å²) in [6, 6.07) is 75.1. The van der Waals surface area contributed by atoms with Gasteiger partial charge in [-0.25, -0.2) is 0 Å². The predicted molar refractivity (Wildman–Crippen MR) is 259 cm³/mol. The minimum atomic E-state index is -0.368. The molecule has 14 rings (SSSR count). The Balaban J connectivity index is 0.880.